The predicted octanol–water partition coefficient (Wildman–Crippen LogP) is 3.39. The van der Waals surface area contributed by atoms with E-state index in [0.717, 1.165) is 26.1 Å². The second kappa shape index (κ2) is 10.1. The first-order valence-corrected chi connectivity index (χ1v) is 13.2. The molecule has 2 aromatic carbocycles. The summed E-state index contributed by atoms with van der Waals surface area (Å²) in [5, 5.41) is 2.16. The van der Waals surface area contributed by atoms with E-state index in [2.05, 4.69) is 4.99 Å². The molecule has 1 heterocycles. The van der Waals surface area contributed by atoms with Crippen LogP contribution in [0.3, 0.4) is 0 Å². The van der Waals surface area contributed by atoms with Crippen LogP contribution in [0, 0.1) is 0 Å². The minimum atomic E-state index is -3.67. The van der Waals surface area contributed by atoms with Gasteiger partial charge in [0, 0.05) is 32.1 Å². The molecule has 31 heavy (non-hydrogen) atoms. The van der Waals surface area contributed by atoms with Crippen molar-refractivity contribution in [1.29, 1.82) is 0 Å². The number of rotatable bonds is 4. The Balaban J connectivity index is 0.000000614. The lowest BCUT2D eigenvalue weighted by Gasteiger charge is -2.14. The van der Waals surface area contributed by atoms with Crippen molar-refractivity contribution in [1.82, 2.24) is 8.87 Å². The molecule has 0 fully saturated rings. The molecule has 0 radical (unpaired) electrons. The van der Waals surface area contributed by atoms with Crippen LogP contribution in [0.1, 0.15) is 0 Å². The Bertz CT molecular complexity index is 1320. The summed E-state index contributed by atoms with van der Waals surface area (Å²) in [6.07, 6.45) is 0.715. The maximum atomic E-state index is 12.5. The summed E-state index contributed by atoms with van der Waals surface area (Å²) in [5.74, 6) is 0. The molecule has 0 saturated heterocycles. The summed E-state index contributed by atoms with van der Waals surface area (Å²) >= 11 is 7.63. The molecule has 12 heteroatoms. The summed E-state index contributed by atoms with van der Waals surface area (Å²) in [5.41, 5.74) is 2.50. The van der Waals surface area contributed by atoms with Gasteiger partial charge in [0.1, 0.15) is 4.90 Å². The normalized spacial score (nSPS) is 12.5. The third-order valence-electron chi connectivity index (χ3n) is 3.89. The number of hydrogen-bond donors (Lipinski definition) is 1. The second-order valence-corrected chi connectivity index (χ2v) is 11.4. The highest BCUT2D eigenvalue weighted by molar-refractivity contribution is 7.89. The number of benzene rings is 2. The number of thiazole rings is 1. The molecule has 0 aliphatic rings. The molecule has 168 valence electrons. The van der Waals surface area contributed by atoms with Gasteiger partial charge >= 0.3 is 0 Å². The largest absolute Gasteiger partial charge is 0.320 e. The lowest BCUT2D eigenvalue weighted by Crippen LogP contribution is -2.22. The summed E-state index contributed by atoms with van der Waals surface area (Å²) < 4.78 is 53.9. The minimum Gasteiger partial charge on any atom is -0.320 e. The van der Waals surface area contributed by atoms with Crippen molar-refractivity contribution < 1.29 is 21.4 Å². The number of aromatic nitrogens is 1. The standard InChI is InChI=1S/C18H18ClN3O2S2.CH4O3S/c1-21(2)26(23,24)17-11-13(9-10-15(17)19)16-12-25-18(22(16)3)20-14-7-5-4-6-8-14;1-5(2,3)4/h4-12H,1-3H3;1H3,(H,2,3,4)/b20-18+;. The van der Waals surface area contributed by atoms with Gasteiger partial charge in [-0.05, 0) is 24.3 Å². The van der Waals surface area contributed by atoms with Crippen LogP contribution in [-0.4, -0.2) is 50.6 Å². The van der Waals surface area contributed by atoms with Gasteiger partial charge in [-0.3, -0.25) is 4.55 Å². The van der Waals surface area contributed by atoms with E-state index in [1.54, 1.807) is 12.1 Å². The minimum absolute atomic E-state index is 0.0921. The average molecular weight is 504 g/mol. The lowest BCUT2D eigenvalue weighted by molar-refractivity contribution is 0.490. The molecular formula is C19H22ClN3O5S3. The van der Waals surface area contributed by atoms with Crippen LogP contribution in [0.15, 0.2) is 63.8 Å². The van der Waals surface area contributed by atoms with E-state index in [9.17, 15) is 16.8 Å². The van der Waals surface area contributed by atoms with Gasteiger partial charge in [0.15, 0.2) is 4.80 Å². The monoisotopic (exact) mass is 503 g/mol. The van der Waals surface area contributed by atoms with Crippen molar-refractivity contribution in [3.8, 4) is 11.3 Å². The van der Waals surface area contributed by atoms with Crippen LogP contribution >= 0.6 is 22.9 Å². The first-order chi connectivity index (χ1) is 14.3. The fourth-order valence-corrected chi connectivity index (χ4v) is 4.72. The fourth-order valence-electron chi connectivity index (χ4n) is 2.40. The summed E-state index contributed by atoms with van der Waals surface area (Å²) in [6, 6.07) is 14.7. The molecule has 0 aliphatic carbocycles. The molecule has 0 atom stereocenters. The van der Waals surface area contributed by atoms with Gasteiger partial charge in [0.2, 0.25) is 10.0 Å². The Morgan fingerprint density at radius 3 is 2.19 bits per heavy atom. The fraction of sp³-hybridized carbons (Fsp3) is 0.211. The molecule has 8 nitrogen and oxygen atoms in total. The van der Waals surface area contributed by atoms with E-state index in [1.165, 1.54) is 25.4 Å². The van der Waals surface area contributed by atoms with Crippen molar-refractivity contribution in [3.63, 3.8) is 0 Å². The van der Waals surface area contributed by atoms with E-state index >= 15 is 0 Å². The first-order valence-electron chi connectivity index (χ1n) is 8.70. The van der Waals surface area contributed by atoms with E-state index in [-0.39, 0.29) is 9.92 Å². The van der Waals surface area contributed by atoms with Crippen molar-refractivity contribution in [2.24, 2.45) is 12.0 Å². The number of para-hydroxylation sites is 1. The van der Waals surface area contributed by atoms with E-state index < -0.39 is 20.1 Å². The van der Waals surface area contributed by atoms with Crippen molar-refractivity contribution >= 4 is 48.8 Å². The lowest BCUT2D eigenvalue weighted by atomic mass is 10.2. The van der Waals surface area contributed by atoms with Crippen molar-refractivity contribution in [2.75, 3.05) is 20.4 Å². The van der Waals surface area contributed by atoms with E-state index in [4.69, 9.17) is 16.2 Å². The van der Waals surface area contributed by atoms with Crippen LogP contribution < -0.4 is 4.80 Å². The van der Waals surface area contributed by atoms with Crippen LogP contribution in [0.5, 0.6) is 0 Å². The smallest absolute Gasteiger partial charge is 0.261 e. The number of halogens is 1. The Kier molecular flexibility index (Phi) is 8.20. The molecule has 3 rings (SSSR count). The Morgan fingerprint density at radius 1 is 1.06 bits per heavy atom. The van der Waals surface area contributed by atoms with Gasteiger partial charge in [-0.2, -0.15) is 8.42 Å². The third kappa shape index (κ3) is 6.99. The first kappa shape index (κ1) is 25.2. The molecule has 1 aromatic heterocycles. The summed E-state index contributed by atoms with van der Waals surface area (Å²) in [4.78, 5) is 5.54. The Labute approximate surface area is 190 Å². The van der Waals surface area contributed by atoms with Gasteiger partial charge in [0.25, 0.3) is 10.1 Å². The van der Waals surface area contributed by atoms with Gasteiger partial charge in [-0.1, -0.05) is 35.9 Å². The maximum Gasteiger partial charge on any atom is 0.261 e. The summed E-state index contributed by atoms with van der Waals surface area (Å²) in [7, 11) is -2.41. The highest BCUT2D eigenvalue weighted by atomic mass is 35.5. The van der Waals surface area contributed by atoms with Crippen molar-refractivity contribution in [2.45, 2.75) is 4.90 Å². The zero-order chi connectivity index (χ0) is 23.4. The molecular weight excluding hydrogens is 482 g/mol. The Morgan fingerprint density at radius 2 is 1.65 bits per heavy atom. The highest BCUT2D eigenvalue weighted by Crippen LogP contribution is 2.29. The van der Waals surface area contributed by atoms with E-state index in [0.29, 0.717) is 6.26 Å². The quantitative estimate of drug-likeness (QED) is 0.549. The second-order valence-electron chi connectivity index (χ2n) is 6.58. The molecule has 0 spiro atoms. The molecule has 1 N–H and O–H groups in total. The zero-order valence-corrected chi connectivity index (χ0v) is 20.4. The predicted molar refractivity (Wildman–Crippen MR) is 124 cm³/mol. The number of hydrogen-bond acceptors (Lipinski definition) is 6. The van der Waals surface area contributed by atoms with Gasteiger partial charge in [-0.15, -0.1) is 11.3 Å². The van der Waals surface area contributed by atoms with Gasteiger partial charge in [-0.25, -0.2) is 17.7 Å². The molecule has 0 aliphatic heterocycles. The topological polar surface area (TPSA) is 109 Å². The van der Waals surface area contributed by atoms with Crippen molar-refractivity contribution in [3.05, 3.63) is 63.7 Å². The Hall–Kier alpha value is -2.02. The van der Waals surface area contributed by atoms with E-state index in [1.807, 2.05) is 53.4 Å². The molecule has 0 saturated carbocycles. The van der Waals surface area contributed by atoms with Crippen LogP contribution in [0.25, 0.3) is 11.3 Å². The SMILES string of the molecule is CN(C)S(=O)(=O)c1cc(-c2cs/c(=N/c3ccccc3)n2C)ccc1Cl.CS(=O)(=O)O. The summed E-state index contributed by atoms with van der Waals surface area (Å²) in [6.45, 7) is 0. The van der Waals surface area contributed by atoms with Crippen LogP contribution in [0.2, 0.25) is 5.02 Å². The van der Waals surface area contributed by atoms with Gasteiger partial charge in [0.05, 0.1) is 22.7 Å². The van der Waals surface area contributed by atoms with Crippen LogP contribution in [0.4, 0.5) is 5.69 Å². The number of sulfonamides is 1. The van der Waals surface area contributed by atoms with Crippen LogP contribution in [-0.2, 0) is 27.2 Å². The average Bonchev–Trinajstić information content (AvgIpc) is 3.02. The highest BCUT2D eigenvalue weighted by Gasteiger charge is 2.22. The zero-order valence-electron chi connectivity index (χ0n) is 17.2. The third-order valence-corrected chi connectivity index (χ3v) is 7.10. The molecule has 0 bridgehead atoms. The number of nitrogens with zero attached hydrogens (tertiary/aromatic N) is 3. The molecule has 0 amide bonds. The maximum absolute atomic E-state index is 12.5. The molecule has 3 aromatic rings. The molecule has 0 unspecified atom stereocenters. The van der Waals surface area contributed by atoms with Gasteiger partial charge < -0.3 is 4.57 Å².